The molecule has 2 rings (SSSR count). The fourth-order valence-electron chi connectivity index (χ4n) is 2.89. The lowest BCUT2D eigenvalue weighted by atomic mass is 9.87. The van der Waals surface area contributed by atoms with Gasteiger partial charge in [-0.05, 0) is 12.8 Å². The molecular weight excluding hydrogens is 202 g/mol. The predicted octanol–water partition coefficient (Wildman–Crippen LogP) is 2.10. The first-order chi connectivity index (χ1) is 7.78. The zero-order valence-corrected chi connectivity index (χ0v) is 10.6. The molecule has 1 N–H and O–H groups in total. The van der Waals surface area contributed by atoms with Crippen molar-refractivity contribution in [1.29, 1.82) is 0 Å². The van der Waals surface area contributed by atoms with E-state index in [1.165, 1.54) is 12.8 Å². The Bertz CT molecular complexity index is 216. The molecule has 3 unspecified atom stereocenters. The minimum absolute atomic E-state index is 0.0665. The molecule has 2 saturated heterocycles. The molecule has 2 aliphatic heterocycles. The van der Waals surface area contributed by atoms with Gasteiger partial charge in [0.05, 0.1) is 17.8 Å². The second-order valence-electron chi connectivity index (χ2n) is 5.20. The first-order valence-corrected chi connectivity index (χ1v) is 6.78. The van der Waals surface area contributed by atoms with Crippen LogP contribution in [-0.4, -0.2) is 37.5 Å². The van der Waals surface area contributed by atoms with Gasteiger partial charge >= 0.3 is 0 Å². The van der Waals surface area contributed by atoms with Gasteiger partial charge in [0.2, 0.25) is 0 Å². The van der Waals surface area contributed by atoms with Crippen molar-refractivity contribution >= 4 is 0 Å². The Morgan fingerprint density at radius 3 is 2.94 bits per heavy atom. The largest absolute Gasteiger partial charge is 0.378 e. The van der Waals surface area contributed by atoms with Crippen LogP contribution in [0.4, 0.5) is 0 Å². The second-order valence-corrected chi connectivity index (χ2v) is 5.20. The Morgan fingerprint density at radius 1 is 1.31 bits per heavy atom. The van der Waals surface area contributed by atoms with E-state index in [2.05, 4.69) is 19.2 Å². The molecule has 0 aromatic heterocycles. The fourth-order valence-corrected chi connectivity index (χ4v) is 2.89. The van der Waals surface area contributed by atoms with Gasteiger partial charge in [-0.3, -0.25) is 0 Å². The maximum Gasteiger partial charge on any atom is 0.0857 e. The lowest BCUT2D eigenvalue weighted by Gasteiger charge is -2.46. The summed E-state index contributed by atoms with van der Waals surface area (Å²) in [7, 11) is 0. The molecule has 16 heavy (non-hydrogen) atoms. The van der Waals surface area contributed by atoms with E-state index in [-0.39, 0.29) is 5.60 Å². The van der Waals surface area contributed by atoms with Crippen molar-refractivity contribution < 1.29 is 9.47 Å². The van der Waals surface area contributed by atoms with E-state index < -0.39 is 0 Å². The number of morpholine rings is 1. The molecule has 0 aliphatic carbocycles. The van der Waals surface area contributed by atoms with Crippen LogP contribution in [0.1, 0.15) is 46.0 Å². The number of nitrogens with one attached hydrogen (secondary N) is 1. The van der Waals surface area contributed by atoms with Crippen molar-refractivity contribution in [2.45, 2.75) is 63.8 Å². The first kappa shape index (κ1) is 12.3. The van der Waals surface area contributed by atoms with Crippen LogP contribution in [0.2, 0.25) is 0 Å². The molecule has 0 aromatic carbocycles. The summed E-state index contributed by atoms with van der Waals surface area (Å²) in [4.78, 5) is 0. The molecule has 2 heterocycles. The van der Waals surface area contributed by atoms with Crippen LogP contribution in [0, 0.1) is 0 Å². The summed E-state index contributed by atoms with van der Waals surface area (Å²) in [5, 5.41) is 3.53. The van der Waals surface area contributed by atoms with Crippen LogP contribution < -0.4 is 5.32 Å². The smallest absolute Gasteiger partial charge is 0.0857 e. The van der Waals surface area contributed by atoms with Gasteiger partial charge in [-0.15, -0.1) is 0 Å². The number of hydrogen-bond acceptors (Lipinski definition) is 3. The molecule has 3 nitrogen and oxygen atoms in total. The summed E-state index contributed by atoms with van der Waals surface area (Å²) in [6.45, 7) is 7.31. The van der Waals surface area contributed by atoms with Crippen LogP contribution >= 0.6 is 0 Å². The van der Waals surface area contributed by atoms with E-state index >= 15 is 0 Å². The predicted molar refractivity (Wildman–Crippen MR) is 64.6 cm³/mol. The van der Waals surface area contributed by atoms with Crippen LogP contribution in [0.15, 0.2) is 0 Å². The molecule has 0 aromatic rings. The zero-order valence-electron chi connectivity index (χ0n) is 10.6. The van der Waals surface area contributed by atoms with E-state index in [9.17, 15) is 0 Å². The molecule has 94 valence electrons. The molecule has 3 heteroatoms. The van der Waals surface area contributed by atoms with E-state index in [0.717, 1.165) is 39.0 Å². The minimum Gasteiger partial charge on any atom is -0.378 e. The molecule has 3 atom stereocenters. The third-order valence-electron chi connectivity index (χ3n) is 3.81. The lowest BCUT2D eigenvalue weighted by molar-refractivity contribution is -0.178. The molecule has 1 spiro atoms. The van der Waals surface area contributed by atoms with Crippen LogP contribution in [0.25, 0.3) is 0 Å². The Labute approximate surface area is 98.9 Å². The van der Waals surface area contributed by atoms with Gasteiger partial charge in [0.15, 0.2) is 0 Å². The van der Waals surface area contributed by atoms with E-state index in [1.54, 1.807) is 0 Å². The average Bonchev–Trinajstić information content (AvgIpc) is 2.29. The Balaban J connectivity index is 1.94. The Hall–Kier alpha value is -0.120. The fraction of sp³-hybridized carbons (Fsp3) is 1.00. The van der Waals surface area contributed by atoms with E-state index in [1.807, 2.05) is 0 Å². The van der Waals surface area contributed by atoms with Crippen molar-refractivity contribution in [1.82, 2.24) is 5.32 Å². The van der Waals surface area contributed by atoms with Crippen LogP contribution in [0.5, 0.6) is 0 Å². The minimum atomic E-state index is 0.0665. The molecule has 2 fully saturated rings. The topological polar surface area (TPSA) is 30.5 Å². The van der Waals surface area contributed by atoms with Crippen LogP contribution in [-0.2, 0) is 9.47 Å². The monoisotopic (exact) mass is 227 g/mol. The maximum absolute atomic E-state index is 6.30. The van der Waals surface area contributed by atoms with E-state index in [0.29, 0.717) is 12.2 Å². The van der Waals surface area contributed by atoms with Crippen molar-refractivity contribution in [2.75, 3.05) is 19.7 Å². The number of hydrogen-bond donors (Lipinski definition) is 1. The van der Waals surface area contributed by atoms with Gasteiger partial charge in [0.1, 0.15) is 0 Å². The van der Waals surface area contributed by atoms with Crippen LogP contribution in [0.3, 0.4) is 0 Å². The SMILES string of the molecule is CCCC1CC2(CCO1)CNCC(CC)O2. The first-order valence-electron chi connectivity index (χ1n) is 6.78. The molecule has 0 radical (unpaired) electrons. The van der Waals surface area contributed by atoms with Crippen molar-refractivity contribution in [2.24, 2.45) is 0 Å². The second kappa shape index (κ2) is 5.48. The molecular formula is C13H25NO2. The normalized spacial score (nSPS) is 40.1. The highest BCUT2D eigenvalue weighted by Gasteiger charge is 2.41. The standard InChI is InChI=1S/C13H25NO2/c1-3-5-12-8-13(6-7-15-12)10-14-9-11(4-2)16-13/h11-12,14H,3-10H2,1-2H3. The summed E-state index contributed by atoms with van der Waals surface area (Å²) in [5.41, 5.74) is 0.0665. The van der Waals surface area contributed by atoms with E-state index in [4.69, 9.17) is 9.47 Å². The highest BCUT2D eigenvalue weighted by Crippen LogP contribution is 2.33. The molecule has 2 aliphatic rings. The number of rotatable bonds is 3. The highest BCUT2D eigenvalue weighted by atomic mass is 16.5. The van der Waals surface area contributed by atoms with Gasteiger partial charge in [0, 0.05) is 32.5 Å². The van der Waals surface area contributed by atoms with Crippen molar-refractivity contribution in [3.63, 3.8) is 0 Å². The molecule has 0 saturated carbocycles. The third-order valence-corrected chi connectivity index (χ3v) is 3.81. The third kappa shape index (κ3) is 2.76. The van der Waals surface area contributed by atoms with Crippen molar-refractivity contribution in [3.05, 3.63) is 0 Å². The van der Waals surface area contributed by atoms with Gasteiger partial charge in [-0.1, -0.05) is 20.3 Å². The van der Waals surface area contributed by atoms with Crippen molar-refractivity contribution in [3.8, 4) is 0 Å². The van der Waals surface area contributed by atoms with Gasteiger partial charge < -0.3 is 14.8 Å². The summed E-state index contributed by atoms with van der Waals surface area (Å²) in [5.74, 6) is 0. The zero-order chi connectivity index (χ0) is 11.4. The number of ether oxygens (including phenoxy) is 2. The summed E-state index contributed by atoms with van der Waals surface area (Å²) in [6, 6.07) is 0. The quantitative estimate of drug-likeness (QED) is 0.801. The Morgan fingerprint density at radius 2 is 2.19 bits per heavy atom. The van der Waals surface area contributed by atoms with Gasteiger partial charge in [-0.25, -0.2) is 0 Å². The lowest BCUT2D eigenvalue weighted by Crippen LogP contribution is -2.57. The molecule has 0 amide bonds. The summed E-state index contributed by atoms with van der Waals surface area (Å²) in [6.07, 6.45) is 6.41. The Kier molecular flexibility index (Phi) is 4.22. The molecule has 0 bridgehead atoms. The average molecular weight is 227 g/mol. The van der Waals surface area contributed by atoms with Gasteiger partial charge in [-0.2, -0.15) is 0 Å². The summed E-state index contributed by atoms with van der Waals surface area (Å²) >= 11 is 0. The summed E-state index contributed by atoms with van der Waals surface area (Å²) < 4.78 is 12.1. The maximum atomic E-state index is 6.30. The van der Waals surface area contributed by atoms with Gasteiger partial charge in [0.25, 0.3) is 0 Å². The highest BCUT2D eigenvalue weighted by molar-refractivity contribution is 4.93.